The van der Waals surface area contributed by atoms with E-state index in [9.17, 15) is 0 Å². The summed E-state index contributed by atoms with van der Waals surface area (Å²) in [6.45, 7) is 0. The Kier molecular flexibility index (Phi) is 461. The Morgan fingerprint density at radius 3 is 0.667 bits per heavy atom. The molecule has 0 aromatic heterocycles. The van der Waals surface area contributed by atoms with Gasteiger partial charge in [0.1, 0.15) is 0 Å². The van der Waals surface area contributed by atoms with Gasteiger partial charge in [-0.2, -0.15) is 0 Å². The third-order valence-electron chi connectivity index (χ3n) is 0. The molecule has 0 nitrogen and oxygen atoms in total. The van der Waals surface area contributed by atoms with Crippen LogP contribution in [0.1, 0.15) is 1.43 Å². The van der Waals surface area contributed by atoms with Gasteiger partial charge < -0.3 is 1.43 Å². The first kappa shape index (κ1) is 63.7. The van der Waals surface area contributed by atoms with Gasteiger partial charge in [0.2, 0.25) is 0 Å². The van der Waals surface area contributed by atoms with Gasteiger partial charge in [-0.15, -0.1) is 49.6 Å². The van der Waals surface area contributed by atoms with Gasteiger partial charge >= 0.3 is 51.4 Å². The third kappa shape index (κ3) is 27.9. The Balaban J connectivity index is 0. The number of hydrogen-bond acceptors (Lipinski definition) is 0. The fourth-order valence-corrected chi connectivity index (χ4v) is 0. The van der Waals surface area contributed by atoms with Crippen molar-refractivity contribution in [3.8, 4) is 0 Å². The molecule has 0 aliphatic rings. The minimum absolute atomic E-state index is 0. The largest absolute Gasteiger partial charge is 1.00 e. The van der Waals surface area contributed by atoms with Gasteiger partial charge in [-0.05, 0) is 11.0 Å². The summed E-state index contributed by atoms with van der Waals surface area (Å²) in [6, 6.07) is 0. The average Bonchev–Trinajstić information content (AvgIpc) is 0. The summed E-state index contributed by atoms with van der Waals surface area (Å²) in [4.78, 5) is 0. The van der Waals surface area contributed by atoms with Gasteiger partial charge in [-0.3, -0.25) is 0 Å². The van der Waals surface area contributed by atoms with Crippen LogP contribution < -0.4 is 51.4 Å². The molecule has 0 aliphatic carbocycles. The van der Waals surface area contributed by atoms with Gasteiger partial charge in [0.15, 0.2) is 0 Å². The van der Waals surface area contributed by atoms with Crippen LogP contribution in [0, 0.1) is 0 Å². The number of hydrogen-bond donors (Lipinski definition) is 0. The molecule has 0 unspecified atom stereocenters. The maximum atomic E-state index is 0. The van der Waals surface area contributed by atoms with Gasteiger partial charge in [0, 0.05) is 0 Å². The van der Waals surface area contributed by atoms with Crippen LogP contribution in [0.3, 0.4) is 0 Å². The topological polar surface area (TPSA) is 0 Å². The molecule has 0 aromatic rings. The number of rotatable bonds is 0. The molecule has 0 aromatic carbocycles. The molecule has 0 heterocycles. The summed E-state index contributed by atoms with van der Waals surface area (Å²) >= 11 is 0. The third-order valence-corrected chi connectivity index (χ3v) is 0. The molecule has 42 valence electrons. The Hall–Kier alpha value is 3.01. The molecule has 6 heteroatoms. The molecule has 6 heavy (non-hydrogen) atoms. The van der Waals surface area contributed by atoms with Crippen LogP contribution in [0.4, 0.5) is 0 Å². The van der Waals surface area contributed by atoms with Crippen LogP contribution in [-0.2, 0) is 0 Å². The maximum Gasteiger partial charge on any atom is 1.00 e. The van der Waals surface area contributed by atoms with Crippen LogP contribution in [0.25, 0.3) is 0 Å². The molecule has 0 bridgehead atoms. The van der Waals surface area contributed by atoms with Gasteiger partial charge in [-0.1, -0.05) is 0 Å². The SMILES string of the molecule is Cl.Cl.Cl.Cl.[H-].[K+].[SiH4]. The molecule has 0 spiro atoms. The van der Waals surface area contributed by atoms with Crippen LogP contribution in [0.15, 0.2) is 0 Å². The van der Waals surface area contributed by atoms with Crippen molar-refractivity contribution in [3.05, 3.63) is 0 Å². The first-order chi connectivity index (χ1) is 0. The zero-order valence-corrected chi connectivity index (χ0v) is 9.02. The Bertz CT molecular complexity index is 11.7. The zero-order valence-electron chi connectivity index (χ0n) is 3.63. The maximum absolute atomic E-state index is 0. The van der Waals surface area contributed by atoms with Gasteiger partial charge in [-0.25, -0.2) is 0 Å². The minimum atomic E-state index is 0. The second-order valence-electron chi connectivity index (χ2n) is 0. The zero-order chi connectivity index (χ0) is 0. The first-order valence-corrected chi connectivity index (χ1v) is 0. The summed E-state index contributed by atoms with van der Waals surface area (Å²) in [7, 11) is 0. The van der Waals surface area contributed by atoms with Crippen LogP contribution in [0.2, 0.25) is 0 Å². The molecule has 0 fully saturated rings. The molecule has 0 amide bonds. The van der Waals surface area contributed by atoms with Crippen molar-refractivity contribution in [1.29, 1.82) is 0 Å². The molecule has 0 atom stereocenters. The predicted molar refractivity (Wildman–Crippen MR) is 41.4 cm³/mol. The average molecular weight is 218 g/mol. The second-order valence-corrected chi connectivity index (χ2v) is 0. The fraction of sp³-hybridized carbons (Fsp3) is 0. The van der Waals surface area contributed by atoms with E-state index in [4.69, 9.17) is 0 Å². The molecule has 0 saturated carbocycles. The predicted octanol–water partition coefficient (Wildman–Crippen LogP) is -2.65. The summed E-state index contributed by atoms with van der Waals surface area (Å²) < 4.78 is 0. The van der Waals surface area contributed by atoms with Crippen LogP contribution in [0.5, 0.6) is 0 Å². The van der Waals surface area contributed by atoms with Crippen molar-refractivity contribution in [3.63, 3.8) is 0 Å². The normalized spacial score (nSPS) is 0. The van der Waals surface area contributed by atoms with E-state index in [-0.39, 0.29) is 113 Å². The summed E-state index contributed by atoms with van der Waals surface area (Å²) in [5.74, 6) is 0. The summed E-state index contributed by atoms with van der Waals surface area (Å²) in [5, 5.41) is 0. The number of halogens is 4. The van der Waals surface area contributed by atoms with E-state index in [0.717, 1.165) is 0 Å². The summed E-state index contributed by atoms with van der Waals surface area (Å²) in [6.07, 6.45) is 0. The standard InChI is InChI=1S/4ClH.K.H4Si.H/h4*1H;;1H4;/q;;;;+1;;-1. The monoisotopic (exact) mass is 216 g/mol. The van der Waals surface area contributed by atoms with Crippen molar-refractivity contribution in [2.24, 2.45) is 0 Å². The van der Waals surface area contributed by atoms with E-state index in [1.165, 1.54) is 0 Å². The first-order valence-electron chi connectivity index (χ1n) is 0. The second kappa shape index (κ2) is 43.4. The molecular weight excluding hydrogens is 209 g/mol. The van der Waals surface area contributed by atoms with E-state index in [0.29, 0.717) is 0 Å². The van der Waals surface area contributed by atoms with Crippen molar-refractivity contribution < 1.29 is 52.8 Å². The fourth-order valence-electron chi connectivity index (χ4n) is 0. The van der Waals surface area contributed by atoms with E-state index in [2.05, 4.69) is 0 Å². The van der Waals surface area contributed by atoms with E-state index in [1.54, 1.807) is 0 Å². The van der Waals surface area contributed by atoms with Crippen molar-refractivity contribution >= 4 is 60.6 Å². The van der Waals surface area contributed by atoms with Gasteiger partial charge in [0.05, 0.1) is 0 Å². The molecule has 0 aliphatic heterocycles. The minimum Gasteiger partial charge on any atom is -1.00 e. The quantitative estimate of drug-likeness (QED) is 0.390. The Labute approximate surface area is 111 Å². The smallest absolute Gasteiger partial charge is 1.00 e. The molecule has 0 radical (unpaired) electrons. The van der Waals surface area contributed by atoms with Gasteiger partial charge in [0.25, 0.3) is 0 Å². The van der Waals surface area contributed by atoms with Crippen molar-refractivity contribution in [1.82, 2.24) is 0 Å². The Morgan fingerprint density at radius 2 is 0.667 bits per heavy atom. The molecule has 0 saturated heterocycles. The van der Waals surface area contributed by atoms with E-state index < -0.39 is 0 Å². The molecule has 0 rings (SSSR count). The summed E-state index contributed by atoms with van der Waals surface area (Å²) in [5.41, 5.74) is 0. The Morgan fingerprint density at radius 1 is 0.667 bits per heavy atom. The van der Waals surface area contributed by atoms with E-state index in [1.807, 2.05) is 0 Å². The van der Waals surface area contributed by atoms with Crippen molar-refractivity contribution in [2.75, 3.05) is 0 Å². The molecular formula is H9Cl4KSi. The van der Waals surface area contributed by atoms with Crippen LogP contribution >= 0.6 is 49.6 Å². The van der Waals surface area contributed by atoms with Crippen molar-refractivity contribution in [2.45, 2.75) is 0 Å². The van der Waals surface area contributed by atoms with Crippen LogP contribution in [-0.4, -0.2) is 11.0 Å². The van der Waals surface area contributed by atoms with E-state index >= 15 is 0 Å². The molecule has 0 N–H and O–H groups in total.